The highest BCUT2D eigenvalue weighted by molar-refractivity contribution is 9.10. The van der Waals surface area contributed by atoms with E-state index in [9.17, 15) is 10.1 Å². The number of nitro groups is 1. The van der Waals surface area contributed by atoms with Gasteiger partial charge < -0.3 is 5.32 Å². The van der Waals surface area contributed by atoms with Crippen LogP contribution in [0, 0.1) is 10.1 Å². The van der Waals surface area contributed by atoms with Crippen LogP contribution in [0.1, 0.15) is 24.1 Å². The Hall–Kier alpha value is -1.72. The lowest BCUT2D eigenvalue weighted by atomic mass is 10.1. The summed E-state index contributed by atoms with van der Waals surface area (Å²) >= 11 is 3.46. The molecule has 0 spiro atoms. The Kier molecular flexibility index (Phi) is 4.87. The predicted octanol–water partition coefficient (Wildman–Crippen LogP) is 4.21. The van der Waals surface area contributed by atoms with Crippen LogP contribution < -0.4 is 5.32 Å². The van der Waals surface area contributed by atoms with E-state index in [0.717, 1.165) is 10.0 Å². The maximum Gasteiger partial charge on any atom is 0.269 e. The average Bonchev–Trinajstić information content (AvgIpc) is 2.45. The maximum atomic E-state index is 10.6. The number of halogens is 1. The van der Waals surface area contributed by atoms with E-state index in [4.69, 9.17) is 0 Å². The molecule has 1 atom stereocenters. The summed E-state index contributed by atoms with van der Waals surface area (Å²) in [5.74, 6) is 0. The van der Waals surface area contributed by atoms with Crippen molar-refractivity contribution in [3.8, 4) is 0 Å². The molecule has 0 aliphatic heterocycles. The molecule has 4 nitrogen and oxygen atoms in total. The summed E-state index contributed by atoms with van der Waals surface area (Å²) in [5, 5.41) is 14.0. The Morgan fingerprint density at radius 1 is 1.25 bits per heavy atom. The van der Waals surface area contributed by atoms with Gasteiger partial charge in [-0.15, -0.1) is 0 Å². The number of hydrogen-bond acceptors (Lipinski definition) is 3. The molecule has 0 aliphatic carbocycles. The first kappa shape index (κ1) is 14.7. The van der Waals surface area contributed by atoms with E-state index < -0.39 is 0 Å². The van der Waals surface area contributed by atoms with Crippen LogP contribution in [0.15, 0.2) is 53.0 Å². The van der Waals surface area contributed by atoms with Gasteiger partial charge in [-0.1, -0.05) is 40.2 Å². The summed E-state index contributed by atoms with van der Waals surface area (Å²) in [4.78, 5) is 10.2. The topological polar surface area (TPSA) is 55.2 Å². The lowest BCUT2D eigenvalue weighted by molar-refractivity contribution is -0.384. The van der Waals surface area contributed by atoms with Crippen LogP contribution in [0.4, 0.5) is 5.69 Å². The van der Waals surface area contributed by atoms with Gasteiger partial charge in [-0.25, -0.2) is 0 Å². The molecule has 0 heterocycles. The van der Waals surface area contributed by atoms with Crippen LogP contribution in [0.3, 0.4) is 0 Å². The molecular formula is C15H15BrN2O2. The molecule has 0 radical (unpaired) electrons. The first-order valence-electron chi connectivity index (χ1n) is 6.28. The first-order valence-corrected chi connectivity index (χ1v) is 7.08. The largest absolute Gasteiger partial charge is 0.306 e. The Labute approximate surface area is 126 Å². The third-order valence-corrected chi connectivity index (χ3v) is 3.60. The molecule has 0 unspecified atom stereocenters. The van der Waals surface area contributed by atoms with E-state index in [0.29, 0.717) is 6.54 Å². The Balaban J connectivity index is 1.96. The van der Waals surface area contributed by atoms with Crippen molar-refractivity contribution in [1.82, 2.24) is 5.32 Å². The molecule has 0 aliphatic rings. The fourth-order valence-electron chi connectivity index (χ4n) is 1.90. The van der Waals surface area contributed by atoms with Crippen LogP contribution >= 0.6 is 15.9 Å². The van der Waals surface area contributed by atoms with Crippen molar-refractivity contribution < 1.29 is 4.92 Å². The molecule has 2 aromatic carbocycles. The highest BCUT2D eigenvalue weighted by Gasteiger charge is 2.07. The van der Waals surface area contributed by atoms with Gasteiger partial charge in [0.25, 0.3) is 5.69 Å². The molecule has 0 bridgehead atoms. The van der Waals surface area contributed by atoms with Crippen molar-refractivity contribution in [2.45, 2.75) is 19.5 Å². The summed E-state index contributed by atoms with van der Waals surface area (Å²) in [5.41, 5.74) is 2.34. The fourth-order valence-corrected chi connectivity index (χ4v) is 2.32. The number of benzene rings is 2. The number of rotatable bonds is 5. The van der Waals surface area contributed by atoms with Gasteiger partial charge in [-0.2, -0.15) is 0 Å². The minimum atomic E-state index is -0.388. The highest BCUT2D eigenvalue weighted by atomic mass is 79.9. The van der Waals surface area contributed by atoms with Gasteiger partial charge in [0.2, 0.25) is 0 Å². The molecule has 1 N–H and O–H groups in total. The summed E-state index contributed by atoms with van der Waals surface area (Å²) < 4.78 is 1.05. The summed E-state index contributed by atoms with van der Waals surface area (Å²) in [6.07, 6.45) is 0. The van der Waals surface area contributed by atoms with Gasteiger partial charge in [0.15, 0.2) is 0 Å². The number of hydrogen-bond donors (Lipinski definition) is 1. The number of nitrogens with one attached hydrogen (secondary N) is 1. The molecular weight excluding hydrogens is 320 g/mol. The van der Waals surface area contributed by atoms with Gasteiger partial charge >= 0.3 is 0 Å². The summed E-state index contributed by atoms with van der Waals surface area (Å²) in [6, 6.07) is 15.0. The minimum Gasteiger partial charge on any atom is -0.306 e. The average molecular weight is 335 g/mol. The molecule has 0 saturated heterocycles. The SMILES string of the molecule is C[C@H](NCc1ccc([N+](=O)[O-])cc1)c1cccc(Br)c1. The number of nitrogens with zero attached hydrogens (tertiary/aromatic N) is 1. The second-order valence-electron chi connectivity index (χ2n) is 4.58. The highest BCUT2D eigenvalue weighted by Crippen LogP contribution is 2.18. The van der Waals surface area contributed by atoms with Crippen molar-refractivity contribution in [2.75, 3.05) is 0 Å². The Morgan fingerprint density at radius 2 is 1.95 bits per heavy atom. The molecule has 0 fully saturated rings. The molecule has 5 heteroatoms. The van der Waals surface area contributed by atoms with Gasteiger partial charge in [-0.3, -0.25) is 10.1 Å². The van der Waals surface area contributed by atoms with Crippen LogP contribution in [-0.2, 0) is 6.54 Å². The van der Waals surface area contributed by atoms with Crippen molar-refractivity contribution in [3.63, 3.8) is 0 Å². The van der Waals surface area contributed by atoms with Crippen LogP contribution in [0.2, 0.25) is 0 Å². The maximum absolute atomic E-state index is 10.6. The molecule has 104 valence electrons. The van der Waals surface area contributed by atoms with E-state index >= 15 is 0 Å². The van der Waals surface area contributed by atoms with Gasteiger partial charge in [0.05, 0.1) is 4.92 Å². The van der Waals surface area contributed by atoms with Crippen molar-refractivity contribution in [1.29, 1.82) is 0 Å². The quantitative estimate of drug-likeness (QED) is 0.658. The zero-order valence-electron chi connectivity index (χ0n) is 11.0. The predicted molar refractivity (Wildman–Crippen MR) is 82.5 cm³/mol. The van der Waals surface area contributed by atoms with Crippen molar-refractivity contribution >= 4 is 21.6 Å². The lowest BCUT2D eigenvalue weighted by Gasteiger charge is -2.14. The monoisotopic (exact) mass is 334 g/mol. The van der Waals surface area contributed by atoms with Crippen molar-refractivity contribution in [2.24, 2.45) is 0 Å². The normalized spacial score (nSPS) is 12.1. The minimum absolute atomic E-state index is 0.119. The van der Waals surface area contributed by atoms with E-state index in [1.165, 1.54) is 17.7 Å². The number of nitro benzene ring substituents is 1. The fraction of sp³-hybridized carbons (Fsp3) is 0.200. The molecule has 0 amide bonds. The lowest BCUT2D eigenvalue weighted by Crippen LogP contribution is -2.18. The van der Waals surface area contributed by atoms with E-state index in [2.05, 4.69) is 40.3 Å². The third kappa shape index (κ3) is 3.88. The van der Waals surface area contributed by atoms with Gasteiger partial charge in [-0.05, 0) is 30.2 Å². The molecule has 0 saturated carbocycles. The third-order valence-electron chi connectivity index (χ3n) is 3.11. The molecule has 2 rings (SSSR count). The van der Waals surface area contributed by atoms with Crippen LogP contribution in [-0.4, -0.2) is 4.92 Å². The Morgan fingerprint density at radius 3 is 2.55 bits per heavy atom. The van der Waals surface area contributed by atoms with E-state index in [-0.39, 0.29) is 16.7 Å². The second-order valence-corrected chi connectivity index (χ2v) is 5.50. The molecule has 20 heavy (non-hydrogen) atoms. The Bertz CT molecular complexity index is 599. The summed E-state index contributed by atoms with van der Waals surface area (Å²) in [7, 11) is 0. The number of non-ortho nitro benzene ring substituents is 1. The zero-order chi connectivity index (χ0) is 14.5. The second kappa shape index (κ2) is 6.63. The van der Waals surface area contributed by atoms with Crippen LogP contribution in [0.5, 0.6) is 0 Å². The standard InChI is InChI=1S/C15H15BrN2O2/c1-11(13-3-2-4-14(16)9-13)17-10-12-5-7-15(8-6-12)18(19)20/h2-9,11,17H,10H2,1H3/t11-/m0/s1. The van der Waals surface area contributed by atoms with E-state index in [1.807, 2.05) is 12.1 Å². The van der Waals surface area contributed by atoms with E-state index in [1.54, 1.807) is 12.1 Å². The first-order chi connectivity index (χ1) is 9.56. The zero-order valence-corrected chi connectivity index (χ0v) is 12.6. The molecule has 2 aromatic rings. The van der Waals surface area contributed by atoms with Gasteiger partial charge in [0, 0.05) is 29.2 Å². The molecule has 0 aromatic heterocycles. The van der Waals surface area contributed by atoms with Crippen LogP contribution in [0.25, 0.3) is 0 Å². The smallest absolute Gasteiger partial charge is 0.269 e. The van der Waals surface area contributed by atoms with Gasteiger partial charge in [0.1, 0.15) is 0 Å². The van der Waals surface area contributed by atoms with Crippen molar-refractivity contribution in [3.05, 3.63) is 74.2 Å². The summed E-state index contributed by atoms with van der Waals surface area (Å²) in [6.45, 7) is 2.76.